The highest BCUT2D eigenvalue weighted by molar-refractivity contribution is 7.47. The fraction of sp³-hybridized carbons (Fsp3) is 0.574. The molecule has 12 heteroatoms. The Bertz CT molecular complexity index is 1950. The molecule has 0 aliphatic heterocycles. The van der Waals surface area contributed by atoms with Crippen LogP contribution in [0.4, 0.5) is 0 Å². The average molecular weight is 1130 g/mol. The molecule has 0 aliphatic rings. The zero-order chi connectivity index (χ0) is 58.3. The van der Waals surface area contributed by atoms with E-state index in [1.165, 1.54) is 38.5 Å². The summed E-state index contributed by atoms with van der Waals surface area (Å²) in [6.45, 7) is 4.22. The van der Waals surface area contributed by atoms with Crippen molar-refractivity contribution in [2.24, 2.45) is 0 Å². The van der Waals surface area contributed by atoms with Gasteiger partial charge in [-0.3, -0.25) is 23.4 Å². The van der Waals surface area contributed by atoms with Crippen LogP contribution in [0.1, 0.15) is 213 Å². The Morgan fingerprint density at radius 1 is 0.362 bits per heavy atom. The standard InChI is InChI=1S/C68H107O11P/c1-4-7-10-13-16-19-22-25-28-30-32-34-37-40-43-46-49-52-55-58-67(71)78-64(60-69)62-76-80(73,74)77-63-65(61-75-66(70)57-54-51-48-45-42-39-36-27-24-21-18-15-12-9-6-3)79-68(72)59-56-53-50-47-44-41-38-35-33-31-29-26-23-20-17-14-11-8-5-2/h7-8,10-11,16-17,19-20,25-29,32-36,40-41,43-44,49-50,52-53,64-65,69H,4-6,9,12-15,18,21-24,30-31,37-39,42,45-48,51,54-63H2,1-3H3,(H,73,74)/b10-7-,11-8-,19-16-,20-17-,28-25-,29-26-,34-32-,35-33-,36-27-,43-40-,44-41-,52-49-,53-50-. The Balaban J connectivity index is 4.92. The lowest BCUT2D eigenvalue weighted by Crippen LogP contribution is -2.30. The predicted molar refractivity (Wildman–Crippen MR) is 334 cm³/mol. The van der Waals surface area contributed by atoms with E-state index in [0.29, 0.717) is 32.1 Å². The molecule has 0 rings (SSSR count). The van der Waals surface area contributed by atoms with Gasteiger partial charge in [0.1, 0.15) is 12.7 Å². The van der Waals surface area contributed by atoms with Crippen LogP contribution in [-0.2, 0) is 42.2 Å². The molecule has 11 nitrogen and oxygen atoms in total. The van der Waals surface area contributed by atoms with Crippen molar-refractivity contribution in [3.8, 4) is 0 Å². The highest BCUT2D eigenvalue weighted by atomic mass is 31.2. The molecular formula is C68H107O11P. The number of allylic oxidation sites excluding steroid dienone is 26. The van der Waals surface area contributed by atoms with E-state index in [-0.39, 0.29) is 25.9 Å². The molecule has 0 bridgehead atoms. The van der Waals surface area contributed by atoms with Crippen molar-refractivity contribution in [2.75, 3.05) is 26.4 Å². The lowest BCUT2D eigenvalue weighted by Gasteiger charge is -2.21. The zero-order valence-corrected chi connectivity index (χ0v) is 50.6. The van der Waals surface area contributed by atoms with Crippen molar-refractivity contribution in [2.45, 2.75) is 226 Å². The minimum Gasteiger partial charge on any atom is -0.462 e. The van der Waals surface area contributed by atoms with E-state index in [1.54, 1.807) is 0 Å². The first kappa shape index (κ1) is 75.1. The zero-order valence-electron chi connectivity index (χ0n) is 49.7. The van der Waals surface area contributed by atoms with Gasteiger partial charge in [-0.2, -0.15) is 0 Å². The van der Waals surface area contributed by atoms with Gasteiger partial charge in [0.25, 0.3) is 0 Å². The summed E-state index contributed by atoms with van der Waals surface area (Å²) in [5, 5.41) is 9.83. The summed E-state index contributed by atoms with van der Waals surface area (Å²) in [5.41, 5.74) is 0. The molecule has 0 aliphatic carbocycles. The molecule has 0 amide bonds. The molecule has 0 heterocycles. The highest BCUT2D eigenvalue weighted by Gasteiger charge is 2.28. The highest BCUT2D eigenvalue weighted by Crippen LogP contribution is 2.43. The first-order chi connectivity index (χ1) is 39.2. The van der Waals surface area contributed by atoms with Gasteiger partial charge in [0, 0.05) is 19.3 Å². The van der Waals surface area contributed by atoms with Crippen LogP contribution in [0.2, 0.25) is 0 Å². The van der Waals surface area contributed by atoms with Crippen LogP contribution < -0.4 is 0 Å². The Morgan fingerprint density at radius 2 is 0.675 bits per heavy atom. The molecule has 0 saturated heterocycles. The van der Waals surface area contributed by atoms with Gasteiger partial charge in [-0.05, 0) is 122 Å². The fourth-order valence-corrected chi connectivity index (χ4v) is 8.19. The molecule has 0 aromatic rings. The number of unbranched alkanes of at least 4 members (excludes halogenated alkanes) is 11. The van der Waals surface area contributed by atoms with Crippen molar-refractivity contribution in [1.82, 2.24) is 0 Å². The minimum absolute atomic E-state index is 0.0262. The number of aliphatic hydroxyl groups is 1. The van der Waals surface area contributed by atoms with Gasteiger partial charge in [0.2, 0.25) is 0 Å². The maximum absolute atomic E-state index is 12.9. The largest absolute Gasteiger partial charge is 0.472 e. The third-order valence-electron chi connectivity index (χ3n) is 11.9. The van der Waals surface area contributed by atoms with Crippen LogP contribution in [0.15, 0.2) is 158 Å². The second-order valence-corrected chi connectivity index (χ2v) is 20.8. The number of carbonyl (C=O) groups is 3. The van der Waals surface area contributed by atoms with Gasteiger partial charge >= 0.3 is 25.7 Å². The van der Waals surface area contributed by atoms with E-state index in [1.807, 2.05) is 24.3 Å². The van der Waals surface area contributed by atoms with E-state index in [0.717, 1.165) is 103 Å². The van der Waals surface area contributed by atoms with Crippen molar-refractivity contribution in [3.05, 3.63) is 158 Å². The summed E-state index contributed by atoms with van der Waals surface area (Å²) in [7, 11) is -4.80. The number of carbonyl (C=O) groups excluding carboxylic acids is 3. The number of hydrogen-bond acceptors (Lipinski definition) is 10. The van der Waals surface area contributed by atoms with Gasteiger partial charge in [-0.1, -0.05) is 230 Å². The summed E-state index contributed by atoms with van der Waals surface area (Å²) in [5.74, 6) is -1.68. The summed E-state index contributed by atoms with van der Waals surface area (Å²) < 4.78 is 39.4. The number of phosphoric acid groups is 1. The minimum atomic E-state index is -4.80. The quantitative estimate of drug-likeness (QED) is 0.0197. The lowest BCUT2D eigenvalue weighted by molar-refractivity contribution is -0.161. The van der Waals surface area contributed by atoms with Gasteiger partial charge < -0.3 is 24.2 Å². The number of hydrogen-bond donors (Lipinski definition) is 2. The monoisotopic (exact) mass is 1130 g/mol. The smallest absolute Gasteiger partial charge is 0.462 e. The summed E-state index contributed by atoms with van der Waals surface area (Å²) in [4.78, 5) is 48.6. The first-order valence-corrected chi connectivity index (χ1v) is 31.9. The van der Waals surface area contributed by atoms with Crippen molar-refractivity contribution in [1.29, 1.82) is 0 Å². The first-order valence-electron chi connectivity index (χ1n) is 30.4. The van der Waals surface area contributed by atoms with Gasteiger partial charge in [0.15, 0.2) is 6.10 Å². The normalized spacial score (nSPS) is 14.4. The fourth-order valence-electron chi connectivity index (χ4n) is 7.40. The van der Waals surface area contributed by atoms with E-state index >= 15 is 0 Å². The van der Waals surface area contributed by atoms with Gasteiger partial charge in [-0.25, -0.2) is 4.57 Å². The third-order valence-corrected chi connectivity index (χ3v) is 12.9. The van der Waals surface area contributed by atoms with E-state index in [4.69, 9.17) is 23.3 Å². The van der Waals surface area contributed by atoms with Gasteiger partial charge in [-0.15, -0.1) is 0 Å². The molecule has 3 atom stereocenters. The third kappa shape index (κ3) is 57.8. The second-order valence-electron chi connectivity index (χ2n) is 19.4. The molecule has 0 fully saturated rings. The van der Waals surface area contributed by atoms with E-state index in [2.05, 4.69) is 154 Å². The number of ether oxygens (including phenoxy) is 3. The van der Waals surface area contributed by atoms with E-state index in [9.17, 15) is 28.9 Å². The number of rotatable bonds is 54. The van der Waals surface area contributed by atoms with Crippen molar-refractivity contribution < 1.29 is 52.2 Å². The SMILES string of the molecule is CC/C=C\C/C=C\C/C=C\C/C=C\C/C=C\C/C=C\CCC(=O)OC(CO)COP(=O)(O)OCC(COC(=O)CCCCCCC/C=C\CCCCCCCC)OC(=O)CC/C=C\C/C=C\C/C=C\C/C=C\C/C=C\C/C=C\CC. The van der Waals surface area contributed by atoms with Gasteiger partial charge in [0.05, 0.1) is 19.8 Å². The van der Waals surface area contributed by atoms with Crippen LogP contribution in [0.25, 0.3) is 0 Å². The van der Waals surface area contributed by atoms with Crippen molar-refractivity contribution >= 4 is 25.7 Å². The maximum Gasteiger partial charge on any atom is 0.472 e. The second kappa shape index (κ2) is 60.2. The van der Waals surface area contributed by atoms with Crippen LogP contribution in [-0.4, -0.2) is 66.5 Å². The molecule has 2 N–H and O–H groups in total. The molecule has 450 valence electrons. The molecule has 0 saturated carbocycles. The molecule has 80 heavy (non-hydrogen) atoms. The van der Waals surface area contributed by atoms with Crippen LogP contribution in [0.5, 0.6) is 0 Å². The van der Waals surface area contributed by atoms with Crippen LogP contribution in [0.3, 0.4) is 0 Å². The Kier molecular flexibility index (Phi) is 56.5. The van der Waals surface area contributed by atoms with Crippen molar-refractivity contribution in [3.63, 3.8) is 0 Å². The van der Waals surface area contributed by atoms with Crippen LogP contribution in [0, 0.1) is 0 Å². The topological polar surface area (TPSA) is 155 Å². The predicted octanol–water partition coefficient (Wildman–Crippen LogP) is 18.5. The maximum atomic E-state index is 12.9. The number of aliphatic hydroxyl groups excluding tert-OH is 1. The molecular weight excluding hydrogens is 1020 g/mol. The Morgan fingerprint density at radius 3 is 1.05 bits per heavy atom. The Hall–Kier alpha value is -4.90. The number of phosphoric ester groups is 1. The molecule has 0 aromatic carbocycles. The van der Waals surface area contributed by atoms with E-state index < -0.39 is 57.8 Å². The lowest BCUT2D eigenvalue weighted by atomic mass is 10.1. The molecule has 3 unspecified atom stereocenters. The summed E-state index contributed by atoms with van der Waals surface area (Å²) in [6.07, 6.45) is 79.4. The molecule has 0 aromatic heterocycles. The molecule has 0 spiro atoms. The summed E-state index contributed by atoms with van der Waals surface area (Å²) in [6, 6.07) is 0. The Labute approximate surface area is 485 Å². The average Bonchev–Trinajstić information content (AvgIpc) is 3.45. The summed E-state index contributed by atoms with van der Waals surface area (Å²) >= 11 is 0. The molecule has 0 radical (unpaired) electrons. The van der Waals surface area contributed by atoms with Crippen LogP contribution >= 0.6 is 7.82 Å². The number of esters is 3.